The molecule has 1 heterocycles. The van der Waals surface area contributed by atoms with Gasteiger partial charge in [0.1, 0.15) is 5.82 Å². The smallest absolute Gasteiger partial charge is 0.137 e. The van der Waals surface area contributed by atoms with Gasteiger partial charge in [-0.2, -0.15) is 0 Å². The number of halogens is 2. The van der Waals surface area contributed by atoms with Gasteiger partial charge in [-0.05, 0) is 52.5 Å². The summed E-state index contributed by atoms with van der Waals surface area (Å²) in [4.78, 5) is 2.38. The average molecular weight is 301 g/mol. The van der Waals surface area contributed by atoms with Crippen molar-refractivity contribution in [2.45, 2.75) is 25.9 Å². The van der Waals surface area contributed by atoms with Crippen LogP contribution in [-0.2, 0) is 6.54 Å². The lowest BCUT2D eigenvalue weighted by molar-refractivity contribution is 0.158. The first-order chi connectivity index (χ1) is 8.06. The van der Waals surface area contributed by atoms with Crippen LogP contribution in [0.3, 0.4) is 0 Å². The van der Waals surface area contributed by atoms with E-state index in [0.29, 0.717) is 16.4 Å². The van der Waals surface area contributed by atoms with Crippen LogP contribution in [0, 0.1) is 11.7 Å². The Morgan fingerprint density at radius 1 is 1.53 bits per heavy atom. The minimum Gasteiger partial charge on any atom is -0.327 e. The van der Waals surface area contributed by atoms with Crippen LogP contribution in [0.5, 0.6) is 0 Å². The van der Waals surface area contributed by atoms with E-state index in [1.807, 2.05) is 12.1 Å². The van der Waals surface area contributed by atoms with Crippen LogP contribution in [0.1, 0.15) is 18.9 Å². The molecule has 1 saturated heterocycles. The molecule has 94 valence electrons. The summed E-state index contributed by atoms with van der Waals surface area (Å²) in [5.41, 5.74) is 7.13. The van der Waals surface area contributed by atoms with Crippen molar-refractivity contribution in [1.29, 1.82) is 0 Å². The van der Waals surface area contributed by atoms with Gasteiger partial charge in [-0.25, -0.2) is 4.39 Å². The minimum absolute atomic E-state index is 0.206. The summed E-state index contributed by atoms with van der Waals surface area (Å²) in [7, 11) is 0. The molecule has 2 unspecified atom stereocenters. The fourth-order valence-electron chi connectivity index (χ4n) is 2.29. The van der Waals surface area contributed by atoms with Crippen molar-refractivity contribution in [3.05, 3.63) is 34.1 Å². The van der Waals surface area contributed by atoms with Crippen LogP contribution < -0.4 is 5.73 Å². The Kier molecular flexibility index (Phi) is 4.17. The lowest BCUT2D eigenvalue weighted by Gasteiger charge is -2.35. The Morgan fingerprint density at radius 3 is 2.94 bits per heavy atom. The van der Waals surface area contributed by atoms with Gasteiger partial charge in [-0.3, -0.25) is 4.90 Å². The van der Waals surface area contributed by atoms with Crippen LogP contribution >= 0.6 is 15.9 Å². The Bertz CT molecular complexity index is 397. The van der Waals surface area contributed by atoms with Gasteiger partial charge in [0.15, 0.2) is 0 Å². The zero-order valence-electron chi connectivity index (χ0n) is 10.00. The highest BCUT2D eigenvalue weighted by molar-refractivity contribution is 9.10. The van der Waals surface area contributed by atoms with Gasteiger partial charge in [0.2, 0.25) is 0 Å². The number of rotatable bonds is 2. The third kappa shape index (κ3) is 3.27. The van der Waals surface area contributed by atoms with E-state index in [-0.39, 0.29) is 5.82 Å². The molecule has 2 atom stereocenters. The second-order valence-corrected chi connectivity index (χ2v) is 5.77. The Labute approximate surface area is 110 Å². The molecular formula is C13H18BrFN2. The lowest BCUT2D eigenvalue weighted by atomic mass is 9.94. The zero-order valence-corrected chi connectivity index (χ0v) is 11.6. The van der Waals surface area contributed by atoms with Crippen molar-refractivity contribution in [3.63, 3.8) is 0 Å². The molecular weight excluding hydrogens is 283 g/mol. The molecule has 4 heteroatoms. The van der Waals surface area contributed by atoms with Crippen LogP contribution in [-0.4, -0.2) is 24.0 Å². The molecule has 1 aliphatic heterocycles. The van der Waals surface area contributed by atoms with Crippen molar-refractivity contribution in [2.75, 3.05) is 13.1 Å². The van der Waals surface area contributed by atoms with E-state index in [1.54, 1.807) is 0 Å². The second kappa shape index (κ2) is 5.46. The van der Waals surface area contributed by atoms with Gasteiger partial charge >= 0.3 is 0 Å². The van der Waals surface area contributed by atoms with E-state index in [1.165, 1.54) is 6.07 Å². The van der Waals surface area contributed by atoms with E-state index in [9.17, 15) is 4.39 Å². The van der Waals surface area contributed by atoms with Crippen LogP contribution in [0.15, 0.2) is 22.7 Å². The maximum absolute atomic E-state index is 13.1. The minimum atomic E-state index is -0.206. The molecule has 0 aliphatic carbocycles. The average Bonchev–Trinajstić information content (AvgIpc) is 2.29. The normalized spacial score (nSPS) is 26.1. The number of hydrogen-bond acceptors (Lipinski definition) is 2. The van der Waals surface area contributed by atoms with Crippen LogP contribution in [0.25, 0.3) is 0 Å². The van der Waals surface area contributed by atoms with Crippen molar-refractivity contribution in [2.24, 2.45) is 11.7 Å². The number of piperidine rings is 1. The largest absolute Gasteiger partial charge is 0.327 e. The molecule has 17 heavy (non-hydrogen) atoms. The van der Waals surface area contributed by atoms with Gasteiger partial charge in [0.25, 0.3) is 0 Å². The summed E-state index contributed by atoms with van der Waals surface area (Å²) >= 11 is 3.22. The van der Waals surface area contributed by atoms with E-state index in [0.717, 1.165) is 31.6 Å². The SMILES string of the molecule is CC1CN(Cc2ccc(F)c(Br)c2)CCC1N. The first-order valence-corrected chi connectivity index (χ1v) is 6.77. The number of benzene rings is 1. The molecule has 1 aromatic rings. The highest BCUT2D eigenvalue weighted by Gasteiger charge is 2.22. The molecule has 0 spiro atoms. The molecule has 2 N–H and O–H groups in total. The highest BCUT2D eigenvalue weighted by atomic mass is 79.9. The Hall–Kier alpha value is -0.450. The number of nitrogens with two attached hydrogens (primary N) is 1. The number of nitrogens with zero attached hydrogens (tertiary/aromatic N) is 1. The molecule has 1 fully saturated rings. The van der Waals surface area contributed by atoms with E-state index < -0.39 is 0 Å². The predicted molar refractivity (Wildman–Crippen MR) is 71.1 cm³/mol. The molecule has 0 saturated carbocycles. The van der Waals surface area contributed by atoms with E-state index in [4.69, 9.17) is 5.73 Å². The van der Waals surface area contributed by atoms with Crippen molar-refractivity contribution in [3.8, 4) is 0 Å². The first kappa shape index (κ1) is 13.0. The zero-order chi connectivity index (χ0) is 12.4. The molecule has 2 rings (SSSR count). The summed E-state index contributed by atoms with van der Waals surface area (Å²) in [5, 5.41) is 0. The third-order valence-corrected chi connectivity index (χ3v) is 4.05. The van der Waals surface area contributed by atoms with Crippen molar-refractivity contribution in [1.82, 2.24) is 4.90 Å². The topological polar surface area (TPSA) is 29.3 Å². The van der Waals surface area contributed by atoms with E-state index in [2.05, 4.69) is 27.8 Å². The van der Waals surface area contributed by atoms with Crippen molar-refractivity contribution >= 4 is 15.9 Å². The maximum Gasteiger partial charge on any atom is 0.137 e. The summed E-state index contributed by atoms with van der Waals surface area (Å²) < 4.78 is 13.7. The maximum atomic E-state index is 13.1. The molecule has 1 aromatic carbocycles. The van der Waals surface area contributed by atoms with Gasteiger partial charge in [0.05, 0.1) is 4.47 Å². The molecule has 2 nitrogen and oxygen atoms in total. The van der Waals surface area contributed by atoms with Gasteiger partial charge in [0, 0.05) is 19.1 Å². The monoisotopic (exact) mass is 300 g/mol. The van der Waals surface area contributed by atoms with Crippen LogP contribution in [0.2, 0.25) is 0 Å². The lowest BCUT2D eigenvalue weighted by Crippen LogP contribution is -2.45. The predicted octanol–water partition coefficient (Wildman–Crippen LogP) is 2.76. The number of hydrogen-bond donors (Lipinski definition) is 1. The van der Waals surface area contributed by atoms with Crippen LogP contribution in [0.4, 0.5) is 4.39 Å². The fourth-order valence-corrected chi connectivity index (χ4v) is 2.72. The summed E-state index contributed by atoms with van der Waals surface area (Å²) in [5.74, 6) is 0.329. The molecule has 0 amide bonds. The standard InChI is InChI=1S/C13H18BrFN2/c1-9-7-17(5-4-13(9)16)8-10-2-3-12(15)11(14)6-10/h2-3,6,9,13H,4-5,7-8,16H2,1H3. The van der Waals surface area contributed by atoms with Gasteiger partial charge < -0.3 is 5.73 Å². The fraction of sp³-hybridized carbons (Fsp3) is 0.538. The first-order valence-electron chi connectivity index (χ1n) is 5.98. The van der Waals surface area contributed by atoms with E-state index >= 15 is 0 Å². The molecule has 0 radical (unpaired) electrons. The summed E-state index contributed by atoms with van der Waals surface area (Å²) in [6, 6.07) is 5.54. The van der Waals surface area contributed by atoms with Crippen molar-refractivity contribution < 1.29 is 4.39 Å². The van der Waals surface area contributed by atoms with Gasteiger partial charge in [-0.15, -0.1) is 0 Å². The highest BCUT2D eigenvalue weighted by Crippen LogP contribution is 2.21. The second-order valence-electron chi connectivity index (χ2n) is 4.91. The summed E-state index contributed by atoms with van der Waals surface area (Å²) in [6.07, 6.45) is 1.05. The molecule has 0 bridgehead atoms. The quantitative estimate of drug-likeness (QED) is 0.910. The van der Waals surface area contributed by atoms with Gasteiger partial charge in [-0.1, -0.05) is 13.0 Å². The Morgan fingerprint density at radius 2 is 2.29 bits per heavy atom. The third-order valence-electron chi connectivity index (χ3n) is 3.45. The summed E-state index contributed by atoms with van der Waals surface area (Å²) in [6.45, 7) is 5.12. The molecule has 1 aliphatic rings. The number of likely N-dealkylation sites (tertiary alicyclic amines) is 1. The molecule has 0 aromatic heterocycles. The Balaban J connectivity index is 1.99.